The van der Waals surface area contributed by atoms with E-state index in [0.717, 1.165) is 17.0 Å². The highest BCUT2D eigenvalue weighted by atomic mass is 16.3. The number of benzene rings is 1. The third kappa shape index (κ3) is 3.10. The molecule has 3 nitrogen and oxygen atoms in total. The van der Waals surface area contributed by atoms with Gasteiger partial charge in [-0.15, -0.1) is 0 Å². The SMILES string of the molecule is Cc1cccc(NC(=O)c2cc(C(C)(C)C)oc2C)c1. The predicted molar refractivity (Wildman–Crippen MR) is 81.3 cm³/mol. The Balaban J connectivity index is 2.24. The van der Waals surface area contributed by atoms with Crippen LogP contribution in [0.2, 0.25) is 0 Å². The molecule has 1 amide bonds. The smallest absolute Gasteiger partial charge is 0.259 e. The van der Waals surface area contributed by atoms with E-state index < -0.39 is 0 Å². The van der Waals surface area contributed by atoms with Gasteiger partial charge in [0.25, 0.3) is 5.91 Å². The van der Waals surface area contributed by atoms with Gasteiger partial charge in [0, 0.05) is 11.1 Å². The number of aryl methyl sites for hydroxylation is 2. The van der Waals surface area contributed by atoms with Crippen molar-refractivity contribution in [3.05, 3.63) is 53.0 Å². The lowest BCUT2D eigenvalue weighted by Crippen LogP contribution is -2.13. The van der Waals surface area contributed by atoms with Crippen molar-refractivity contribution < 1.29 is 9.21 Å². The summed E-state index contributed by atoms with van der Waals surface area (Å²) >= 11 is 0. The first kappa shape index (κ1) is 14.4. The molecule has 0 spiro atoms. The largest absolute Gasteiger partial charge is 0.465 e. The van der Waals surface area contributed by atoms with E-state index in [2.05, 4.69) is 26.1 Å². The van der Waals surface area contributed by atoms with Crippen molar-refractivity contribution in [2.45, 2.75) is 40.0 Å². The van der Waals surface area contributed by atoms with Crippen LogP contribution >= 0.6 is 0 Å². The lowest BCUT2D eigenvalue weighted by molar-refractivity contribution is 0.102. The van der Waals surface area contributed by atoms with Crippen molar-refractivity contribution in [1.82, 2.24) is 0 Å². The Kier molecular flexibility index (Phi) is 3.71. The van der Waals surface area contributed by atoms with Crippen molar-refractivity contribution in [3.8, 4) is 0 Å². The first-order chi connectivity index (χ1) is 9.27. The van der Waals surface area contributed by atoms with Crippen LogP contribution in [-0.4, -0.2) is 5.91 Å². The van der Waals surface area contributed by atoms with Crippen LogP contribution in [0.4, 0.5) is 5.69 Å². The maximum Gasteiger partial charge on any atom is 0.259 e. The van der Waals surface area contributed by atoms with Crippen molar-refractivity contribution in [3.63, 3.8) is 0 Å². The minimum absolute atomic E-state index is 0.105. The number of anilines is 1. The molecule has 1 heterocycles. The standard InChI is InChI=1S/C17H21NO2/c1-11-7-6-8-13(9-11)18-16(19)14-10-15(17(3,4)5)20-12(14)2/h6-10H,1-5H3,(H,18,19). The first-order valence-electron chi connectivity index (χ1n) is 6.76. The van der Waals surface area contributed by atoms with Crippen LogP contribution in [0.25, 0.3) is 0 Å². The third-order valence-corrected chi connectivity index (χ3v) is 3.18. The normalized spacial score (nSPS) is 11.4. The molecule has 0 bridgehead atoms. The minimum atomic E-state index is -0.132. The number of hydrogen-bond donors (Lipinski definition) is 1. The minimum Gasteiger partial charge on any atom is -0.465 e. The summed E-state index contributed by atoms with van der Waals surface area (Å²) in [5.74, 6) is 1.34. The molecule has 106 valence electrons. The van der Waals surface area contributed by atoms with Gasteiger partial charge < -0.3 is 9.73 Å². The molecule has 2 rings (SSSR count). The molecular formula is C17H21NO2. The Hall–Kier alpha value is -2.03. The Morgan fingerprint density at radius 2 is 1.85 bits per heavy atom. The molecule has 1 aromatic carbocycles. The van der Waals surface area contributed by atoms with Crippen LogP contribution in [0.5, 0.6) is 0 Å². The summed E-state index contributed by atoms with van der Waals surface area (Å²) < 4.78 is 5.70. The van der Waals surface area contributed by atoms with Gasteiger partial charge >= 0.3 is 0 Å². The fourth-order valence-corrected chi connectivity index (χ4v) is 2.00. The van der Waals surface area contributed by atoms with Gasteiger partial charge in [-0.25, -0.2) is 0 Å². The van der Waals surface area contributed by atoms with Gasteiger partial charge in [-0.1, -0.05) is 32.9 Å². The molecule has 0 fully saturated rings. The highest BCUT2D eigenvalue weighted by Gasteiger charge is 2.23. The van der Waals surface area contributed by atoms with E-state index in [4.69, 9.17) is 4.42 Å². The van der Waals surface area contributed by atoms with Crippen molar-refractivity contribution in [1.29, 1.82) is 0 Å². The zero-order valence-corrected chi connectivity index (χ0v) is 12.7. The second-order valence-electron chi connectivity index (χ2n) is 6.15. The van der Waals surface area contributed by atoms with Crippen LogP contribution in [0.3, 0.4) is 0 Å². The van der Waals surface area contributed by atoms with Crippen LogP contribution in [0.1, 0.15) is 48.2 Å². The molecule has 0 aliphatic carbocycles. The van der Waals surface area contributed by atoms with E-state index in [1.807, 2.05) is 44.2 Å². The number of carbonyl (C=O) groups excluding carboxylic acids is 1. The molecule has 0 radical (unpaired) electrons. The molecule has 3 heteroatoms. The van der Waals surface area contributed by atoms with E-state index in [9.17, 15) is 4.79 Å². The Morgan fingerprint density at radius 3 is 2.40 bits per heavy atom. The summed E-state index contributed by atoms with van der Waals surface area (Å²) in [6.07, 6.45) is 0. The highest BCUT2D eigenvalue weighted by molar-refractivity contribution is 6.05. The number of hydrogen-bond acceptors (Lipinski definition) is 2. The molecule has 2 aromatic rings. The van der Waals surface area contributed by atoms with E-state index >= 15 is 0 Å². The molecule has 20 heavy (non-hydrogen) atoms. The summed E-state index contributed by atoms with van der Waals surface area (Å²) in [5, 5.41) is 2.91. The topological polar surface area (TPSA) is 42.2 Å². The second kappa shape index (κ2) is 5.16. The molecule has 0 saturated heterocycles. The average molecular weight is 271 g/mol. The van der Waals surface area contributed by atoms with Crippen molar-refractivity contribution in [2.75, 3.05) is 5.32 Å². The van der Waals surface area contributed by atoms with Crippen LogP contribution in [-0.2, 0) is 5.41 Å². The third-order valence-electron chi connectivity index (χ3n) is 3.18. The molecular weight excluding hydrogens is 250 g/mol. The number of furan rings is 1. The fraction of sp³-hybridized carbons (Fsp3) is 0.353. The number of rotatable bonds is 2. The lowest BCUT2D eigenvalue weighted by atomic mass is 9.93. The van der Waals surface area contributed by atoms with Crippen molar-refractivity contribution >= 4 is 11.6 Å². The molecule has 0 aliphatic rings. The van der Waals surface area contributed by atoms with Gasteiger partial charge in [0.05, 0.1) is 5.56 Å². The van der Waals surface area contributed by atoms with E-state index in [-0.39, 0.29) is 11.3 Å². The number of carbonyl (C=O) groups is 1. The highest BCUT2D eigenvalue weighted by Crippen LogP contribution is 2.27. The molecule has 1 aromatic heterocycles. The molecule has 1 N–H and O–H groups in total. The summed E-state index contributed by atoms with van der Waals surface area (Å²) in [6, 6.07) is 9.58. The fourth-order valence-electron chi connectivity index (χ4n) is 2.00. The Bertz CT molecular complexity index is 633. The maximum atomic E-state index is 12.3. The quantitative estimate of drug-likeness (QED) is 0.877. The summed E-state index contributed by atoms with van der Waals surface area (Å²) in [4.78, 5) is 12.3. The molecule has 0 saturated carbocycles. The zero-order valence-electron chi connectivity index (χ0n) is 12.7. The van der Waals surface area contributed by atoms with Crippen LogP contribution < -0.4 is 5.32 Å². The van der Waals surface area contributed by atoms with Crippen LogP contribution in [0.15, 0.2) is 34.7 Å². The summed E-state index contributed by atoms with van der Waals surface area (Å²) in [7, 11) is 0. The first-order valence-corrected chi connectivity index (χ1v) is 6.76. The van der Waals surface area contributed by atoms with Gasteiger partial charge in [-0.05, 0) is 37.6 Å². The Morgan fingerprint density at radius 1 is 1.15 bits per heavy atom. The van der Waals surface area contributed by atoms with E-state index in [1.165, 1.54) is 0 Å². The lowest BCUT2D eigenvalue weighted by Gasteiger charge is -2.13. The Labute approximate surface area is 120 Å². The molecule has 0 atom stereocenters. The van der Waals surface area contributed by atoms with E-state index in [1.54, 1.807) is 0 Å². The average Bonchev–Trinajstić information content (AvgIpc) is 2.71. The summed E-state index contributed by atoms with van der Waals surface area (Å²) in [5.41, 5.74) is 2.40. The van der Waals surface area contributed by atoms with Crippen LogP contribution in [0, 0.1) is 13.8 Å². The van der Waals surface area contributed by atoms with Gasteiger partial charge in [-0.2, -0.15) is 0 Å². The van der Waals surface area contributed by atoms with Gasteiger partial charge in [0.1, 0.15) is 11.5 Å². The molecule has 0 aliphatic heterocycles. The predicted octanol–water partition coefficient (Wildman–Crippen LogP) is 4.45. The van der Waals surface area contributed by atoms with Gasteiger partial charge in [0.2, 0.25) is 0 Å². The summed E-state index contributed by atoms with van der Waals surface area (Å²) in [6.45, 7) is 10.0. The van der Waals surface area contributed by atoms with E-state index in [0.29, 0.717) is 11.3 Å². The molecule has 0 unspecified atom stereocenters. The van der Waals surface area contributed by atoms with Gasteiger partial charge in [0.15, 0.2) is 0 Å². The monoisotopic (exact) mass is 271 g/mol. The second-order valence-corrected chi connectivity index (χ2v) is 6.15. The number of amides is 1. The van der Waals surface area contributed by atoms with Crippen molar-refractivity contribution in [2.24, 2.45) is 0 Å². The maximum absolute atomic E-state index is 12.3. The zero-order chi connectivity index (χ0) is 14.9. The van der Waals surface area contributed by atoms with Gasteiger partial charge in [-0.3, -0.25) is 4.79 Å². The number of nitrogens with one attached hydrogen (secondary N) is 1.